The van der Waals surface area contributed by atoms with Crippen LogP contribution >= 0.6 is 0 Å². The van der Waals surface area contributed by atoms with Crippen LogP contribution in [0.2, 0.25) is 0 Å². The van der Waals surface area contributed by atoms with Crippen molar-refractivity contribution in [2.45, 2.75) is 18.8 Å². The van der Waals surface area contributed by atoms with E-state index in [2.05, 4.69) is 20.0 Å². The second-order valence-electron chi connectivity index (χ2n) is 4.49. The molecule has 1 aromatic heterocycles. The van der Waals surface area contributed by atoms with Crippen LogP contribution in [0, 0.1) is 0 Å². The van der Waals surface area contributed by atoms with Crippen LogP contribution in [0.25, 0.3) is 0 Å². The summed E-state index contributed by atoms with van der Waals surface area (Å²) in [4.78, 5) is 7.21. The Labute approximate surface area is 113 Å². The van der Waals surface area contributed by atoms with Crippen LogP contribution in [0.4, 0.5) is 13.2 Å². The van der Waals surface area contributed by atoms with Gasteiger partial charge in [-0.2, -0.15) is 0 Å². The average Bonchev–Trinajstić information content (AvgIpc) is 2.85. The van der Waals surface area contributed by atoms with E-state index in [-0.39, 0.29) is 5.75 Å². The topological polar surface area (TPSA) is 49.9 Å². The first-order chi connectivity index (χ1) is 9.54. The second-order valence-corrected chi connectivity index (χ2v) is 4.49. The Kier molecular flexibility index (Phi) is 3.13. The summed E-state index contributed by atoms with van der Waals surface area (Å²) >= 11 is 0. The summed E-state index contributed by atoms with van der Waals surface area (Å²) in [5.74, 6) is -0.201. The van der Waals surface area contributed by atoms with E-state index >= 15 is 0 Å². The van der Waals surface area contributed by atoms with E-state index in [4.69, 9.17) is 0 Å². The van der Waals surface area contributed by atoms with Gasteiger partial charge >= 0.3 is 6.36 Å². The summed E-state index contributed by atoms with van der Waals surface area (Å²) in [6.45, 7) is 0.667. The van der Waals surface area contributed by atoms with Crippen molar-refractivity contribution >= 4 is 0 Å². The fourth-order valence-corrected chi connectivity index (χ4v) is 2.41. The van der Waals surface area contributed by atoms with Gasteiger partial charge < -0.3 is 15.0 Å². The number of imidazole rings is 1. The molecule has 4 nitrogen and oxygen atoms in total. The highest BCUT2D eigenvalue weighted by atomic mass is 19.4. The van der Waals surface area contributed by atoms with Crippen molar-refractivity contribution in [3.63, 3.8) is 0 Å². The largest absolute Gasteiger partial charge is 0.573 e. The molecule has 7 heteroatoms. The molecule has 106 valence electrons. The van der Waals surface area contributed by atoms with Gasteiger partial charge in [0.25, 0.3) is 0 Å². The number of hydrogen-bond donors (Lipinski definition) is 2. The van der Waals surface area contributed by atoms with Crippen molar-refractivity contribution in [3.05, 3.63) is 47.5 Å². The van der Waals surface area contributed by atoms with Gasteiger partial charge in [-0.05, 0) is 6.07 Å². The minimum Gasteiger partial charge on any atom is -0.405 e. The molecule has 2 heterocycles. The molecular formula is C13H12F3N3O. The van der Waals surface area contributed by atoms with Gasteiger partial charge in [-0.3, -0.25) is 0 Å². The van der Waals surface area contributed by atoms with Crippen LogP contribution in [0.5, 0.6) is 5.75 Å². The SMILES string of the molecule is FC(F)(F)Oc1ccccc1C1NCCc2[nH]cnc21. The Bertz CT molecular complexity index is 609. The minimum absolute atomic E-state index is 0.201. The number of aromatic amines is 1. The van der Waals surface area contributed by atoms with Gasteiger partial charge in [-0.15, -0.1) is 13.2 Å². The van der Waals surface area contributed by atoms with Gasteiger partial charge in [-0.25, -0.2) is 4.98 Å². The van der Waals surface area contributed by atoms with Crippen molar-refractivity contribution in [2.75, 3.05) is 6.54 Å². The lowest BCUT2D eigenvalue weighted by Crippen LogP contribution is -2.31. The third-order valence-corrected chi connectivity index (χ3v) is 3.20. The predicted octanol–water partition coefficient (Wildman–Crippen LogP) is 2.54. The molecule has 0 aliphatic carbocycles. The zero-order valence-corrected chi connectivity index (χ0v) is 10.4. The number of nitrogens with one attached hydrogen (secondary N) is 2. The maximum atomic E-state index is 12.5. The van der Waals surface area contributed by atoms with Crippen molar-refractivity contribution in [1.29, 1.82) is 0 Å². The zero-order chi connectivity index (χ0) is 14.2. The van der Waals surface area contributed by atoms with Gasteiger partial charge in [0.15, 0.2) is 0 Å². The van der Waals surface area contributed by atoms with Crippen molar-refractivity contribution in [1.82, 2.24) is 15.3 Å². The first kappa shape index (κ1) is 13.0. The molecule has 20 heavy (non-hydrogen) atoms. The van der Waals surface area contributed by atoms with E-state index in [1.165, 1.54) is 12.1 Å². The maximum Gasteiger partial charge on any atom is 0.573 e. The van der Waals surface area contributed by atoms with Gasteiger partial charge in [0.2, 0.25) is 0 Å². The molecule has 3 rings (SSSR count). The van der Waals surface area contributed by atoms with E-state index in [1.807, 2.05) is 0 Å². The fourth-order valence-electron chi connectivity index (χ4n) is 2.41. The highest BCUT2D eigenvalue weighted by Gasteiger charge is 2.34. The second kappa shape index (κ2) is 4.82. The molecule has 0 radical (unpaired) electrons. The first-order valence-corrected chi connectivity index (χ1v) is 6.15. The van der Waals surface area contributed by atoms with Crippen LogP contribution in [-0.4, -0.2) is 22.9 Å². The lowest BCUT2D eigenvalue weighted by atomic mass is 9.97. The zero-order valence-electron chi connectivity index (χ0n) is 10.4. The maximum absolute atomic E-state index is 12.5. The smallest absolute Gasteiger partial charge is 0.405 e. The molecule has 1 aliphatic heterocycles. The normalized spacial score (nSPS) is 18.6. The number of ether oxygens (including phenoxy) is 1. The molecule has 0 saturated heterocycles. The van der Waals surface area contributed by atoms with E-state index in [0.29, 0.717) is 12.1 Å². The molecule has 2 N–H and O–H groups in total. The summed E-state index contributed by atoms with van der Waals surface area (Å²) in [5, 5.41) is 3.17. The number of aromatic nitrogens is 2. The van der Waals surface area contributed by atoms with Gasteiger partial charge in [0, 0.05) is 24.2 Å². The van der Waals surface area contributed by atoms with E-state index in [0.717, 1.165) is 17.8 Å². The quantitative estimate of drug-likeness (QED) is 0.890. The molecule has 2 aromatic rings. The van der Waals surface area contributed by atoms with Crippen LogP contribution in [0.1, 0.15) is 23.0 Å². The number of para-hydroxylation sites is 1. The number of alkyl halides is 3. The third kappa shape index (κ3) is 2.49. The Morgan fingerprint density at radius 2 is 2.05 bits per heavy atom. The van der Waals surface area contributed by atoms with Gasteiger partial charge in [-0.1, -0.05) is 18.2 Å². The van der Waals surface area contributed by atoms with Crippen LogP contribution in [0.15, 0.2) is 30.6 Å². The Balaban J connectivity index is 2.00. The van der Waals surface area contributed by atoms with Crippen molar-refractivity contribution in [3.8, 4) is 5.75 Å². The van der Waals surface area contributed by atoms with E-state index in [9.17, 15) is 13.2 Å². The highest BCUT2D eigenvalue weighted by molar-refractivity contribution is 5.42. The third-order valence-electron chi connectivity index (χ3n) is 3.20. The van der Waals surface area contributed by atoms with Crippen LogP contribution in [0.3, 0.4) is 0 Å². The summed E-state index contributed by atoms with van der Waals surface area (Å²) in [7, 11) is 0. The van der Waals surface area contributed by atoms with E-state index in [1.54, 1.807) is 18.5 Å². The summed E-state index contributed by atoms with van der Waals surface area (Å²) in [6, 6.07) is 5.72. The summed E-state index contributed by atoms with van der Waals surface area (Å²) in [5.41, 5.74) is 2.09. The number of nitrogens with zero attached hydrogens (tertiary/aromatic N) is 1. The van der Waals surface area contributed by atoms with Crippen LogP contribution < -0.4 is 10.1 Å². The Morgan fingerprint density at radius 3 is 2.85 bits per heavy atom. The standard InChI is InChI=1S/C13H12F3N3O/c14-13(15,16)20-10-4-2-1-3-8(10)11-12-9(5-6-17-11)18-7-19-12/h1-4,7,11,17H,5-6H2,(H,18,19). The summed E-state index contributed by atoms with van der Waals surface area (Å²) in [6.07, 6.45) is -2.38. The number of H-pyrrole nitrogens is 1. The average molecular weight is 283 g/mol. The number of fused-ring (bicyclic) bond motifs is 1. The number of rotatable bonds is 2. The highest BCUT2D eigenvalue weighted by Crippen LogP contribution is 2.34. The molecule has 0 spiro atoms. The molecule has 1 unspecified atom stereocenters. The predicted molar refractivity (Wildman–Crippen MR) is 65.3 cm³/mol. The fraction of sp³-hybridized carbons (Fsp3) is 0.308. The number of halogens is 3. The van der Waals surface area contributed by atoms with Crippen LogP contribution in [-0.2, 0) is 6.42 Å². The molecule has 1 aliphatic rings. The van der Waals surface area contributed by atoms with Gasteiger partial charge in [0.05, 0.1) is 18.1 Å². The minimum atomic E-state index is -4.71. The molecular weight excluding hydrogens is 271 g/mol. The first-order valence-electron chi connectivity index (χ1n) is 6.15. The Hall–Kier alpha value is -2.02. The molecule has 0 saturated carbocycles. The van der Waals surface area contributed by atoms with Crippen molar-refractivity contribution < 1.29 is 17.9 Å². The number of benzene rings is 1. The molecule has 0 fully saturated rings. The van der Waals surface area contributed by atoms with Crippen molar-refractivity contribution in [2.24, 2.45) is 0 Å². The molecule has 1 aromatic carbocycles. The molecule has 0 amide bonds. The van der Waals surface area contributed by atoms with Gasteiger partial charge in [0.1, 0.15) is 5.75 Å². The molecule has 1 atom stereocenters. The summed E-state index contributed by atoms with van der Waals surface area (Å²) < 4.78 is 41.5. The number of hydrogen-bond acceptors (Lipinski definition) is 3. The Morgan fingerprint density at radius 1 is 1.25 bits per heavy atom. The van der Waals surface area contributed by atoms with E-state index < -0.39 is 12.4 Å². The lowest BCUT2D eigenvalue weighted by Gasteiger charge is -2.25. The lowest BCUT2D eigenvalue weighted by molar-refractivity contribution is -0.275. The monoisotopic (exact) mass is 283 g/mol. The molecule has 0 bridgehead atoms.